The molecule has 8 heteroatoms. The number of H-pyrrole nitrogens is 1. The van der Waals surface area contributed by atoms with Crippen molar-refractivity contribution < 1.29 is 4.74 Å². The lowest BCUT2D eigenvalue weighted by Gasteiger charge is -2.26. The van der Waals surface area contributed by atoms with Crippen molar-refractivity contribution in [3.05, 3.63) is 135 Å². The highest BCUT2D eigenvalue weighted by Gasteiger charge is 2.35. The summed E-state index contributed by atoms with van der Waals surface area (Å²) in [5, 5.41) is 12.1. The fraction of sp³-hybridized carbons (Fsp3) is 0.121. The number of aromatic amines is 1. The fourth-order valence-corrected chi connectivity index (χ4v) is 5.74. The van der Waals surface area contributed by atoms with Crippen LogP contribution >= 0.6 is 23.8 Å². The number of benzene rings is 4. The monoisotopic (exact) mass is 578 g/mol. The number of ether oxygens (including phenoxy) is 1. The lowest BCUT2D eigenvalue weighted by atomic mass is 9.91. The Morgan fingerprint density at radius 1 is 1.00 bits per heavy atom. The number of nitrogens with one attached hydrogen (secondary N) is 2. The summed E-state index contributed by atoms with van der Waals surface area (Å²) in [6, 6.07) is 32.9. The summed E-state index contributed by atoms with van der Waals surface area (Å²) in [6.07, 6.45) is 0.447. The third-order valence-electron chi connectivity index (χ3n) is 7.23. The first-order chi connectivity index (χ1) is 20.0. The van der Waals surface area contributed by atoms with Crippen molar-refractivity contribution in [3.8, 4) is 16.9 Å². The van der Waals surface area contributed by atoms with Crippen molar-refractivity contribution in [1.29, 1.82) is 0 Å². The van der Waals surface area contributed by atoms with Crippen molar-refractivity contribution >= 4 is 45.5 Å². The second-order valence-corrected chi connectivity index (χ2v) is 10.6. The Morgan fingerprint density at radius 2 is 1.71 bits per heavy atom. The van der Waals surface area contributed by atoms with Gasteiger partial charge in [-0.15, -0.1) is 0 Å². The maximum Gasteiger partial charge on any atom is 0.258 e. The third-order valence-corrected chi connectivity index (χ3v) is 7.80. The summed E-state index contributed by atoms with van der Waals surface area (Å²) in [5.41, 5.74) is 5.33. The quantitative estimate of drug-likeness (QED) is 0.211. The smallest absolute Gasteiger partial charge is 0.258 e. The van der Waals surface area contributed by atoms with Gasteiger partial charge < -0.3 is 15.0 Å². The van der Waals surface area contributed by atoms with Crippen LogP contribution in [0, 0.1) is 0 Å². The second-order valence-electron chi connectivity index (χ2n) is 9.76. The number of methoxy groups -OCH3 is 1. The van der Waals surface area contributed by atoms with Gasteiger partial charge in [-0.25, -0.2) is 5.01 Å². The van der Waals surface area contributed by atoms with E-state index in [1.54, 1.807) is 18.2 Å². The van der Waals surface area contributed by atoms with Crippen LogP contribution in [-0.4, -0.2) is 27.9 Å². The van der Waals surface area contributed by atoms with E-state index in [9.17, 15) is 4.79 Å². The van der Waals surface area contributed by atoms with Crippen LogP contribution in [0.2, 0.25) is 5.02 Å². The first kappa shape index (κ1) is 26.7. The van der Waals surface area contributed by atoms with Gasteiger partial charge in [-0.1, -0.05) is 90.5 Å². The van der Waals surface area contributed by atoms with Gasteiger partial charge in [-0.2, -0.15) is 5.10 Å². The highest BCUT2D eigenvalue weighted by atomic mass is 35.5. The molecule has 204 valence electrons. The number of aromatic nitrogens is 1. The lowest BCUT2D eigenvalue weighted by molar-refractivity contribution is 0.342. The minimum absolute atomic E-state index is 0.221. The van der Waals surface area contributed by atoms with E-state index >= 15 is 0 Å². The van der Waals surface area contributed by atoms with E-state index in [0.29, 0.717) is 39.9 Å². The van der Waals surface area contributed by atoms with Crippen LogP contribution in [0.25, 0.3) is 22.0 Å². The van der Waals surface area contributed by atoms with Crippen LogP contribution in [0.3, 0.4) is 0 Å². The topological polar surface area (TPSA) is 69.7 Å². The largest absolute Gasteiger partial charge is 0.496 e. The van der Waals surface area contributed by atoms with Gasteiger partial charge in [0.05, 0.1) is 24.4 Å². The molecule has 0 aliphatic carbocycles. The molecule has 1 aliphatic heterocycles. The average molecular weight is 579 g/mol. The standard InChI is InChI=1S/C33H27ClN4O2S/c1-40-29-15-9-8-14-24(29)28-19-27(37-38(28)33(41)35-20-21-10-4-2-5-11-21)31-30(22-12-6-3-7-13-22)25-18-23(34)16-17-26(25)36-32(31)39/h2-18,28H,19-20H2,1H3,(H,35,41)(H,36,39). The number of hydrogen-bond acceptors (Lipinski definition) is 4. The summed E-state index contributed by atoms with van der Waals surface area (Å²) in [4.78, 5) is 16.8. The number of hydrogen-bond donors (Lipinski definition) is 2. The number of rotatable bonds is 6. The van der Waals surface area contributed by atoms with Gasteiger partial charge in [0.15, 0.2) is 5.11 Å². The van der Waals surface area contributed by atoms with Crippen molar-refractivity contribution in [2.24, 2.45) is 5.10 Å². The first-order valence-corrected chi connectivity index (χ1v) is 14.0. The molecule has 0 saturated heterocycles. The van der Waals surface area contributed by atoms with E-state index < -0.39 is 0 Å². The molecule has 2 heterocycles. The number of para-hydroxylation sites is 1. The minimum Gasteiger partial charge on any atom is -0.496 e. The van der Waals surface area contributed by atoms with Gasteiger partial charge in [0, 0.05) is 40.0 Å². The van der Waals surface area contributed by atoms with Crippen LogP contribution in [0.5, 0.6) is 5.75 Å². The van der Waals surface area contributed by atoms with Crippen molar-refractivity contribution in [2.45, 2.75) is 19.0 Å². The Morgan fingerprint density at radius 3 is 2.46 bits per heavy atom. The molecule has 5 aromatic rings. The van der Waals surface area contributed by atoms with E-state index in [4.69, 9.17) is 33.7 Å². The SMILES string of the molecule is COc1ccccc1C1CC(c2c(-c3ccccc3)c3cc(Cl)ccc3[nH]c2=O)=NN1C(=S)NCc1ccccc1. The zero-order chi connectivity index (χ0) is 28.3. The molecule has 4 aromatic carbocycles. The zero-order valence-corrected chi connectivity index (χ0v) is 23.9. The number of nitrogens with zero attached hydrogens (tertiary/aromatic N) is 2. The van der Waals surface area contributed by atoms with Crippen molar-refractivity contribution in [3.63, 3.8) is 0 Å². The Balaban J connectivity index is 1.49. The van der Waals surface area contributed by atoms with Gasteiger partial charge in [-0.3, -0.25) is 4.79 Å². The van der Waals surface area contributed by atoms with Crippen molar-refractivity contribution in [2.75, 3.05) is 7.11 Å². The third kappa shape index (κ3) is 5.34. The molecule has 1 aliphatic rings. The molecular formula is C33H27ClN4O2S. The van der Waals surface area contributed by atoms with Gasteiger partial charge in [-0.05, 0) is 47.6 Å². The molecule has 41 heavy (non-hydrogen) atoms. The van der Waals surface area contributed by atoms with Gasteiger partial charge in [0.25, 0.3) is 5.56 Å². The summed E-state index contributed by atoms with van der Waals surface area (Å²) in [7, 11) is 1.65. The fourth-order valence-electron chi connectivity index (χ4n) is 5.33. The Bertz CT molecular complexity index is 1820. The highest BCUT2D eigenvalue weighted by molar-refractivity contribution is 7.80. The first-order valence-electron chi connectivity index (χ1n) is 13.3. The maximum atomic E-state index is 13.8. The number of fused-ring (bicyclic) bond motifs is 1. The van der Waals surface area contributed by atoms with E-state index in [0.717, 1.165) is 33.4 Å². The molecular weight excluding hydrogens is 552 g/mol. The molecule has 1 atom stereocenters. The molecule has 1 unspecified atom stereocenters. The Hall–Kier alpha value is -4.46. The Kier molecular flexibility index (Phi) is 7.55. The summed E-state index contributed by atoms with van der Waals surface area (Å²) in [5.74, 6) is 0.729. The van der Waals surface area contributed by atoms with Crippen LogP contribution in [0.15, 0.2) is 113 Å². The summed E-state index contributed by atoms with van der Waals surface area (Å²) >= 11 is 12.3. The number of halogens is 1. The van der Waals surface area contributed by atoms with Gasteiger partial charge in [0.2, 0.25) is 0 Å². The molecule has 1 aromatic heterocycles. The minimum atomic E-state index is -0.282. The predicted molar refractivity (Wildman–Crippen MR) is 170 cm³/mol. The molecule has 6 nitrogen and oxygen atoms in total. The zero-order valence-electron chi connectivity index (χ0n) is 22.3. The van der Waals surface area contributed by atoms with E-state index in [1.807, 2.05) is 97.1 Å². The highest BCUT2D eigenvalue weighted by Crippen LogP contribution is 2.40. The molecule has 6 rings (SSSR count). The molecule has 2 N–H and O–H groups in total. The molecule has 0 amide bonds. The number of thiocarbonyl (C=S) groups is 1. The maximum absolute atomic E-state index is 13.8. The molecule has 0 bridgehead atoms. The predicted octanol–water partition coefficient (Wildman–Crippen LogP) is 7.08. The molecule has 0 fully saturated rings. The number of hydrazone groups is 1. The normalized spacial score (nSPS) is 14.6. The average Bonchev–Trinajstić information content (AvgIpc) is 3.45. The molecule has 0 spiro atoms. The van der Waals surface area contributed by atoms with Crippen molar-refractivity contribution in [1.82, 2.24) is 15.3 Å². The van der Waals surface area contributed by atoms with E-state index in [2.05, 4.69) is 10.3 Å². The van der Waals surface area contributed by atoms with Crippen LogP contribution < -0.4 is 15.6 Å². The lowest BCUT2D eigenvalue weighted by Crippen LogP contribution is -2.36. The summed E-state index contributed by atoms with van der Waals surface area (Å²) in [6.45, 7) is 0.546. The van der Waals surface area contributed by atoms with E-state index in [1.165, 1.54) is 0 Å². The second kappa shape index (κ2) is 11.6. The molecule has 0 saturated carbocycles. The van der Waals surface area contributed by atoms with Crippen LogP contribution in [0.4, 0.5) is 0 Å². The van der Waals surface area contributed by atoms with Gasteiger partial charge >= 0.3 is 0 Å². The van der Waals surface area contributed by atoms with Gasteiger partial charge in [0.1, 0.15) is 5.75 Å². The molecule has 0 radical (unpaired) electrons. The van der Waals surface area contributed by atoms with Crippen LogP contribution in [0.1, 0.15) is 29.2 Å². The summed E-state index contributed by atoms with van der Waals surface area (Å²) < 4.78 is 5.72. The number of pyridine rings is 1. The Labute approximate surface area is 248 Å². The van der Waals surface area contributed by atoms with Crippen LogP contribution in [-0.2, 0) is 6.54 Å². The van der Waals surface area contributed by atoms with E-state index in [-0.39, 0.29) is 11.6 Å².